The van der Waals surface area contributed by atoms with Crippen LogP contribution in [0, 0.1) is 17.8 Å². The summed E-state index contributed by atoms with van der Waals surface area (Å²) in [6.45, 7) is 0. The van der Waals surface area contributed by atoms with E-state index in [1.54, 1.807) is 12.1 Å². The molecule has 0 radical (unpaired) electrons. The highest BCUT2D eigenvalue weighted by Crippen LogP contribution is 2.27. The zero-order valence-electron chi connectivity index (χ0n) is 18.2. The Labute approximate surface area is 194 Å². The van der Waals surface area contributed by atoms with Crippen molar-refractivity contribution in [3.05, 3.63) is 60.0 Å². The van der Waals surface area contributed by atoms with Crippen molar-refractivity contribution in [3.63, 3.8) is 0 Å². The van der Waals surface area contributed by atoms with Crippen LogP contribution < -0.4 is 21.8 Å². The molecule has 0 saturated carbocycles. The van der Waals surface area contributed by atoms with Crippen molar-refractivity contribution in [2.24, 2.45) is 40.2 Å². The molecule has 0 unspecified atom stereocenters. The second kappa shape index (κ2) is 10.2. The summed E-state index contributed by atoms with van der Waals surface area (Å²) in [6.07, 6.45) is 1.52. The third-order valence-electron chi connectivity index (χ3n) is 4.90. The van der Waals surface area contributed by atoms with Gasteiger partial charge in [-0.3, -0.25) is 4.79 Å². The van der Waals surface area contributed by atoms with Crippen molar-refractivity contribution in [3.8, 4) is 23.1 Å². The largest absolute Gasteiger partial charge is 0.484 e. The van der Waals surface area contributed by atoms with E-state index in [9.17, 15) is 19.8 Å². The van der Waals surface area contributed by atoms with Crippen LogP contribution in [0.15, 0.2) is 64.4 Å². The summed E-state index contributed by atoms with van der Waals surface area (Å²) in [7, 11) is 1.89. The lowest BCUT2D eigenvalue weighted by molar-refractivity contribution is -0.660. The Morgan fingerprint density at radius 1 is 1.12 bits per heavy atom. The molecule has 0 bridgehead atoms. The van der Waals surface area contributed by atoms with Crippen LogP contribution >= 0.6 is 0 Å². The van der Waals surface area contributed by atoms with Crippen LogP contribution in [0.2, 0.25) is 0 Å². The van der Waals surface area contributed by atoms with Crippen molar-refractivity contribution in [2.45, 2.75) is 12.5 Å². The van der Waals surface area contributed by atoms with Gasteiger partial charge in [-0.05, 0) is 24.3 Å². The molecule has 1 aromatic carbocycles. The first-order chi connectivity index (χ1) is 16.2. The Bertz CT molecular complexity index is 1280. The SMILES string of the molecule is C[n+]1ccccc1-c1ccc(N=C(N)N=C(N)N)cc1C#CC1=CO[C@H](C(=O)O)[C@H](C(=O)O)C1. The molecular weight excluding hydrogens is 440 g/mol. The number of aryl methyl sites for hydroxylation is 1. The molecule has 11 nitrogen and oxygen atoms in total. The van der Waals surface area contributed by atoms with E-state index >= 15 is 0 Å². The molecule has 8 N–H and O–H groups in total. The van der Waals surface area contributed by atoms with Crippen molar-refractivity contribution in [1.82, 2.24) is 0 Å². The number of aliphatic carboxylic acids is 2. The van der Waals surface area contributed by atoms with Crippen molar-refractivity contribution >= 4 is 29.5 Å². The summed E-state index contributed by atoms with van der Waals surface area (Å²) < 4.78 is 7.05. The van der Waals surface area contributed by atoms with E-state index in [0.29, 0.717) is 16.8 Å². The zero-order valence-corrected chi connectivity index (χ0v) is 18.2. The number of pyridine rings is 1. The molecule has 0 spiro atoms. The summed E-state index contributed by atoms with van der Waals surface area (Å²) in [5, 5.41) is 18.6. The number of rotatable bonds is 4. The molecule has 3 rings (SSSR count). The van der Waals surface area contributed by atoms with Crippen LogP contribution in [0.3, 0.4) is 0 Å². The Balaban J connectivity index is 2.06. The molecule has 1 aliphatic rings. The number of benzene rings is 1. The maximum absolute atomic E-state index is 11.5. The van der Waals surface area contributed by atoms with E-state index in [4.69, 9.17) is 21.9 Å². The van der Waals surface area contributed by atoms with Gasteiger partial charge in [-0.25, -0.2) is 14.4 Å². The first-order valence-corrected chi connectivity index (χ1v) is 10.0. The summed E-state index contributed by atoms with van der Waals surface area (Å²) in [5.41, 5.74) is 19.4. The minimum Gasteiger partial charge on any atom is -0.484 e. The molecule has 174 valence electrons. The number of hydrogen-bond donors (Lipinski definition) is 5. The van der Waals surface area contributed by atoms with Crippen molar-refractivity contribution < 1.29 is 29.1 Å². The lowest BCUT2D eigenvalue weighted by Crippen LogP contribution is -2.38. The number of hydrogen-bond acceptors (Lipinski definition) is 4. The number of nitrogens with two attached hydrogens (primary N) is 3. The molecule has 0 fully saturated rings. The maximum atomic E-state index is 11.5. The first kappa shape index (κ1) is 23.8. The number of aromatic nitrogens is 1. The Morgan fingerprint density at radius 3 is 2.53 bits per heavy atom. The van der Waals surface area contributed by atoms with E-state index in [0.717, 1.165) is 11.3 Å². The molecular formula is C23H23N6O5+. The van der Waals surface area contributed by atoms with Crippen molar-refractivity contribution in [2.75, 3.05) is 0 Å². The fourth-order valence-electron chi connectivity index (χ4n) is 3.34. The molecule has 0 aliphatic carbocycles. The zero-order chi connectivity index (χ0) is 24.8. The molecule has 11 heteroatoms. The van der Waals surface area contributed by atoms with Gasteiger partial charge in [-0.2, -0.15) is 4.99 Å². The lowest BCUT2D eigenvalue weighted by Gasteiger charge is -2.24. The average Bonchev–Trinajstić information content (AvgIpc) is 2.77. The number of guanidine groups is 2. The highest BCUT2D eigenvalue weighted by Gasteiger charge is 2.38. The molecule has 2 aromatic rings. The van der Waals surface area contributed by atoms with E-state index in [1.807, 2.05) is 42.1 Å². The summed E-state index contributed by atoms with van der Waals surface area (Å²) in [4.78, 5) is 30.7. The molecule has 0 amide bonds. The minimum atomic E-state index is -1.47. The first-order valence-electron chi connectivity index (χ1n) is 10.0. The van der Waals surface area contributed by atoms with Gasteiger partial charge in [0, 0.05) is 29.7 Å². The van der Waals surface area contributed by atoms with E-state index in [1.165, 1.54) is 6.26 Å². The second-order valence-electron chi connectivity index (χ2n) is 7.37. The van der Waals surface area contributed by atoms with Crippen molar-refractivity contribution in [1.29, 1.82) is 0 Å². The molecule has 2 heterocycles. The monoisotopic (exact) mass is 463 g/mol. The maximum Gasteiger partial charge on any atom is 0.345 e. The lowest BCUT2D eigenvalue weighted by atomic mass is 9.92. The fourth-order valence-corrected chi connectivity index (χ4v) is 3.34. The van der Waals surface area contributed by atoms with Gasteiger partial charge in [0.1, 0.15) is 13.0 Å². The van der Waals surface area contributed by atoms with E-state index in [-0.39, 0.29) is 18.3 Å². The van der Waals surface area contributed by atoms with Gasteiger partial charge in [0.2, 0.25) is 17.8 Å². The van der Waals surface area contributed by atoms with Gasteiger partial charge >= 0.3 is 11.9 Å². The minimum absolute atomic E-state index is 0.0803. The Hall–Kier alpha value is -4.85. The number of carboxylic acid groups (broad SMARTS) is 2. The number of carbonyl (C=O) groups is 2. The third kappa shape index (κ3) is 5.68. The smallest absolute Gasteiger partial charge is 0.345 e. The molecule has 1 aromatic heterocycles. The standard InChI is InChI=1S/C23H22N6O5/c1-29-9-3-2-4-18(29)16-8-7-15(27-23(26)28-22(24)25)11-14(16)6-5-13-10-17(20(30)31)19(21(32)33)34-12-13/h2-4,7-9,11-12,17,19H,10H2,1H3,(H7,24,25,26,28,30,31,32,33)/p+1/t17-,19+/m1/s1. The van der Waals surface area contributed by atoms with Crippen LogP contribution in [0.4, 0.5) is 5.69 Å². The summed E-state index contributed by atoms with van der Waals surface area (Å²) in [6, 6.07) is 10.9. The summed E-state index contributed by atoms with van der Waals surface area (Å²) >= 11 is 0. The number of carboxylic acids is 2. The predicted octanol–water partition coefficient (Wildman–Crippen LogP) is 0.207. The molecule has 2 atom stereocenters. The molecule has 0 saturated heterocycles. The molecule has 34 heavy (non-hydrogen) atoms. The van der Waals surface area contributed by atoms with Gasteiger partial charge in [0.15, 0.2) is 12.2 Å². The Kier molecular flexibility index (Phi) is 7.13. The normalized spacial score (nSPS) is 17.4. The van der Waals surface area contributed by atoms with Gasteiger partial charge in [-0.15, -0.1) is 0 Å². The van der Waals surface area contributed by atoms with E-state index < -0.39 is 24.0 Å². The predicted molar refractivity (Wildman–Crippen MR) is 123 cm³/mol. The van der Waals surface area contributed by atoms with Crippen LogP contribution in [0.1, 0.15) is 12.0 Å². The molecule has 1 aliphatic heterocycles. The van der Waals surface area contributed by atoms with Crippen LogP contribution in [-0.2, 0) is 21.4 Å². The number of aliphatic imine (C=N–C) groups is 2. The van der Waals surface area contributed by atoms with Crippen LogP contribution in [0.25, 0.3) is 11.3 Å². The quantitative estimate of drug-likeness (QED) is 0.184. The van der Waals surface area contributed by atoms with E-state index in [2.05, 4.69) is 21.8 Å². The van der Waals surface area contributed by atoms with Gasteiger partial charge < -0.3 is 32.2 Å². The van der Waals surface area contributed by atoms with Crippen LogP contribution in [-0.4, -0.2) is 40.2 Å². The number of ether oxygens (including phenoxy) is 1. The number of allylic oxidation sites excluding steroid dienone is 1. The topological polar surface area (TPSA) is 190 Å². The highest BCUT2D eigenvalue weighted by molar-refractivity contribution is 5.93. The number of nitrogens with zero attached hydrogens (tertiary/aromatic N) is 3. The highest BCUT2D eigenvalue weighted by atomic mass is 16.5. The van der Waals surface area contributed by atoms with Gasteiger partial charge in [0.25, 0.3) is 0 Å². The van der Waals surface area contributed by atoms with Gasteiger partial charge in [-0.1, -0.05) is 11.8 Å². The van der Waals surface area contributed by atoms with Crippen LogP contribution in [0.5, 0.6) is 0 Å². The summed E-state index contributed by atoms with van der Waals surface area (Å²) in [5.74, 6) is 1.67. The Morgan fingerprint density at radius 2 is 1.88 bits per heavy atom. The fraction of sp³-hybridized carbons (Fsp3) is 0.174. The van der Waals surface area contributed by atoms with Gasteiger partial charge in [0.05, 0.1) is 17.5 Å². The second-order valence-corrected chi connectivity index (χ2v) is 7.37. The third-order valence-corrected chi connectivity index (χ3v) is 4.90. The average molecular weight is 463 g/mol.